The van der Waals surface area contributed by atoms with E-state index in [1.807, 2.05) is 6.07 Å². The van der Waals surface area contributed by atoms with Gasteiger partial charge in [0.25, 0.3) is 5.56 Å². The summed E-state index contributed by atoms with van der Waals surface area (Å²) in [4.78, 5) is 33.4. The number of nitrogens with zero attached hydrogens (tertiary/aromatic N) is 3. The van der Waals surface area contributed by atoms with Crippen molar-refractivity contribution in [1.29, 1.82) is 5.26 Å². The number of thiophene rings is 1. The third kappa shape index (κ3) is 4.53. The zero-order chi connectivity index (χ0) is 23.7. The first-order valence-corrected chi connectivity index (χ1v) is 13.7. The van der Waals surface area contributed by atoms with Gasteiger partial charge >= 0.3 is 0 Å². The van der Waals surface area contributed by atoms with Crippen molar-refractivity contribution < 1.29 is 9.21 Å². The van der Waals surface area contributed by atoms with Crippen LogP contribution in [0, 0.1) is 17.2 Å². The molecule has 0 bridgehead atoms. The maximum Gasteiger partial charge on any atom is 0.263 e. The highest BCUT2D eigenvalue weighted by atomic mass is 32.2. The zero-order valence-electron chi connectivity index (χ0n) is 19.3. The third-order valence-electron chi connectivity index (χ3n) is 6.91. The predicted molar refractivity (Wildman–Crippen MR) is 133 cm³/mol. The van der Waals surface area contributed by atoms with E-state index in [2.05, 4.69) is 18.3 Å². The van der Waals surface area contributed by atoms with Gasteiger partial charge < -0.3 is 9.73 Å². The van der Waals surface area contributed by atoms with Crippen LogP contribution in [-0.2, 0) is 24.2 Å². The van der Waals surface area contributed by atoms with Gasteiger partial charge in [0.1, 0.15) is 16.1 Å². The van der Waals surface area contributed by atoms with Gasteiger partial charge in [-0.25, -0.2) is 4.98 Å². The number of nitriles is 1. The van der Waals surface area contributed by atoms with Crippen LogP contribution in [-0.4, -0.2) is 26.8 Å². The summed E-state index contributed by atoms with van der Waals surface area (Å²) in [6.45, 7) is 2.51. The first-order valence-electron chi connectivity index (χ1n) is 11.9. The summed E-state index contributed by atoms with van der Waals surface area (Å²) in [6, 6.07) is 5.96. The standard InChI is InChI=1S/C25H28N4O3S2/c1-16-7-8-18-19(12-16)34-22-21(18)23(31)29(13-17-6-5-11-32-17)24(27-22)33-14-20(30)28-25(15-26)9-3-2-4-10-25/h5-6,11,16H,2-4,7-10,12-14H2,1H3,(H,28,30). The van der Waals surface area contributed by atoms with Crippen LogP contribution in [0.5, 0.6) is 0 Å². The molecule has 1 fully saturated rings. The number of carbonyl (C=O) groups excluding carboxylic acids is 1. The van der Waals surface area contributed by atoms with Crippen LogP contribution in [0.25, 0.3) is 10.2 Å². The second-order valence-corrected chi connectivity index (χ2v) is 11.5. The highest BCUT2D eigenvalue weighted by molar-refractivity contribution is 7.99. The summed E-state index contributed by atoms with van der Waals surface area (Å²) in [5.74, 6) is 1.17. The van der Waals surface area contributed by atoms with Gasteiger partial charge in [-0.15, -0.1) is 11.3 Å². The number of carbonyl (C=O) groups is 1. The van der Waals surface area contributed by atoms with E-state index in [1.165, 1.54) is 16.6 Å². The molecule has 2 aliphatic carbocycles. The normalized spacial score (nSPS) is 19.5. The van der Waals surface area contributed by atoms with Gasteiger partial charge in [0, 0.05) is 4.88 Å². The molecule has 0 saturated heterocycles. The number of thioether (sulfide) groups is 1. The van der Waals surface area contributed by atoms with Gasteiger partial charge in [-0.2, -0.15) is 5.26 Å². The largest absolute Gasteiger partial charge is 0.467 e. The summed E-state index contributed by atoms with van der Waals surface area (Å²) in [6.07, 6.45) is 8.92. The third-order valence-corrected chi connectivity index (χ3v) is 9.03. The van der Waals surface area contributed by atoms with Crippen LogP contribution >= 0.6 is 23.1 Å². The number of aromatic nitrogens is 2. The lowest BCUT2D eigenvalue weighted by Gasteiger charge is -2.31. The van der Waals surface area contributed by atoms with Crippen LogP contribution < -0.4 is 10.9 Å². The van der Waals surface area contributed by atoms with E-state index < -0.39 is 5.54 Å². The Kier molecular flexibility index (Phi) is 6.54. The average Bonchev–Trinajstić information content (AvgIpc) is 3.47. The van der Waals surface area contributed by atoms with Crippen molar-refractivity contribution in [3.8, 4) is 6.07 Å². The molecular weight excluding hydrogens is 468 g/mol. The second kappa shape index (κ2) is 9.59. The molecule has 0 aliphatic heterocycles. The van der Waals surface area contributed by atoms with Gasteiger partial charge in [0.05, 0.1) is 30.0 Å². The van der Waals surface area contributed by atoms with Gasteiger partial charge in [-0.1, -0.05) is 37.9 Å². The molecule has 0 spiro atoms. The predicted octanol–water partition coefficient (Wildman–Crippen LogP) is 4.66. The fraction of sp³-hybridized carbons (Fsp3) is 0.520. The molecule has 178 valence electrons. The van der Waals surface area contributed by atoms with E-state index in [0.717, 1.165) is 54.3 Å². The SMILES string of the molecule is CC1CCc2c(sc3nc(SCC(=O)NC4(C#N)CCCCC4)n(Cc4ccco4)c(=O)c23)C1. The summed E-state index contributed by atoms with van der Waals surface area (Å²) >= 11 is 2.86. The number of furan rings is 1. The van der Waals surface area contributed by atoms with Gasteiger partial charge in [-0.3, -0.25) is 14.2 Å². The number of rotatable bonds is 6. The molecule has 0 radical (unpaired) electrons. The van der Waals surface area contributed by atoms with E-state index in [-0.39, 0.29) is 23.8 Å². The monoisotopic (exact) mass is 496 g/mol. The minimum atomic E-state index is -0.773. The summed E-state index contributed by atoms with van der Waals surface area (Å²) in [5, 5.41) is 13.9. The van der Waals surface area contributed by atoms with Crippen LogP contribution in [0.4, 0.5) is 0 Å². The molecule has 1 unspecified atom stereocenters. The van der Waals surface area contributed by atoms with Gasteiger partial charge in [-0.05, 0) is 55.7 Å². The smallest absolute Gasteiger partial charge is 0.263 e. The van der Waals surface area contributed by atoms with Crippen LogP contribution in [0.3, 0.4) is 0 Å². The van der Waals surface area contributed by atoms with E-state index in [1.54, 1.807) is 28.2 Å². The number of nitrogens with one attached hydrogen (secondary N) is 1. The maximum atomic E-state index is 13.7. The van der Waals surface area contributed by atoms with Crippen molar-refractivity contribution in [3.63, 3.8) is 0 Å². The fourth-order valence-corrected chi connectivity index (χ4v) is 7.29. The van der Waals surface area contributed by atoms with E-state index in [4.69, 9.17) is 9.40 Å². The summed E-state index contributed by atoms with van der Waals surface area (Å²) < 4.78 is 7.14. The lowest BCUT2D eigenvalue weighted by Crippen LogP contribution is -2.49. The minimum absolute atomic E-state index is 0.0721. The summed E-state index contributed by atoms with van der Waals surface area (Å²) in [7, 11) is 0. The molecule has 0 aromatic carbocycles. The molecule has 3 aromatic rings. The molecule has 1 amide bonds. The Morgan fingerprint density at radius 3 is 2.97 bits per heavy atom. The van der Waals surface area contributed by atoms with Crippen LogP contribution in [0.15, 0.2) is 32.8 Å². The van der Waals surface area contributed by atoms with Crippen molar-refractivity contribution in [3.05, 3.63) is 45.0 Å². The average molecular weight is 497 g/mol. The highest BCUT2D eigenvalue weighted by Gasteiger charge is 2.33. The van der Waals surface area contributed by atoms with Crippen molar-refractivity contribution in [2.45, 2.75) is 75.5 Å². The van der Waals surface area contributed by atoms with E-state index in [9.17, 15) is 14.9 Å². The number of aryl methyl sites for hydroxylation is 1. The quantitative estimate of drug-likeness (QED) is 0.393. The Balaban J connectivity index is 1.45. The zero-order valence-corrected chi connectivity index (χ0v) is 20.9. The van der Waals surface area contributed by atoms with Crippen LogP contribution in [0.2, 0.25) is 0 Å². The Hall–Kier alpha value is -2.57. The molecule has 5 rings (SSSR count). The van der Waals surface area contributed by atoms with E-state index >= 15 is 0 Å². The Morgan fingerprint density at radius 2 is 2.24 bits per heavy atom. The first-order chi connectivity index (χ1) is 16.5. The van der Waals surface area contributed by atoms with Crippen molar-refractivity contribution in [1.82, 2.24) is 14.9 Å². The number of hydrogen-bond acceptors (Lipinski definition) is 7. The lowest BCUT2D eigenvalue weighted by molar-refractivity contribution is -0.120. The van der Waals surface area contributed by atoms with Crippen molar-refractivity contribution >= 4 is 39.2 Å². The molecule has 9 heteroatoms. The molecule has 1 atom stereocenters. The fourth-order valence-electron chi connectivity index (χ4n) is 5.07. The maximum absolute atomic E-state index is 13.7. The Morgan fingerprint density at radius 1 is 1.41 bits per heavy atom. The molecule has 1 N–H and O–H groups in total. The van der Waals surface area contributed by atoms with Crippen molar-refractivity contribution in [2.75, 3.05) is 5.75 Å². The molecular formula is C25H28N4O3S2. The Labute approximate surface area is 206 Å². The summed E-state index contributed by atoms with van der Waals surface area (Å²) in [5.41, 5.74) is 0.299. The van der Waals surface area contributed by atoms with E-state index in [0.29, 0.717) is 29.7 Å². The molecule has 7 nitrogen and oxygen atoms in total. The number of hydrogen-bond donors (Lipinski definition) is 1. The lowest BCUT2D eigenvalue weighted by atomic mass is 9.83. The van der Waals surface area contributed by atoms with Gasteiger partial charge in [0.15, 0.2) is 5.16 Å². The van der Waals surface area contributed by atoms with Crippen LogP contribution in [0.1, 0.15) is 61.6 Å². The minimum Gasteiger partial charge on any atom is -0.467 e. The van der Waals surface area contributed by atoms with Gasteiger partial charge in [0.2, 0.25) is 5.91 Å². The molecule has 1 saturated carbocycles. The molecule has 2 aliphatic rings. The topological polar surface area (TPSA) is 101 Å². The molecule has 3 heterocycles. The number of amides is 1. The second-order valence-electron chi connectivity index (χ2n) is 9.49. The highest BCUT2D eigenvalue weighted by Crippen LogP contribution is 2.36. The van der Waals surface area contributed by atoms with Crippen molar-refractivity contribution in [2.24, 2.45) is 5.92 Å². The Bertz CT molecular complexity index is 1300. The number of fused-ring (bicyclic) bond motifs is 3. The molecule has 34 heavy (non-hydrogen) atoms. The first kappa shape index (κ1) is 23.2. The molecule has 3 aromatic heterocycles.